The minimum atomic E-state index is -0.363. The molecule has 46 heavy (non-hydrogen) atoms. The quantitative estimate of drug-likeness (QED) is 0.189. The molecule has 5 rings (SSSR count). The first-order valence-electron chi connectivity index (χ1n) is 15.8. The summed E-state index contributed by atoms with van der Waals surface area (Å²) in [6, 6.07) is 11.9. The van der Waals surface area contributed by atoms with Crippen LogP contribution < -0.4 is 10.1 Å². The van der Waals surface area contributed by atoms with Gasteiger partial charge in [0.05, 0.1) is 16.2 Å². The first-order chi connectivity index (χ1) is 22.1. The Morgan fingerprint density at radius 1 is 1.15 bits per heavy atom. The van der Waals surface area contributed by atoms with Gasteiger partial charge in [-0.25, -0.2) is 4.98 Å². The maximum atomic E-state index is 13.5. The van der Waals surface area contributed by atoms with Crippen molar-refractivity contribution in [2.24, 2.45) is 0 Å². The molecule has 1 aliphatic carbocycles. The lowest BCUT2D eigenvalue weighted by Crippen LogP contribution is -2.54. The van der Waals surface area contributed by atoms with Crippen LogP contribution in [0.2, 0.25) is 0 Å². The number of hydrogen-bond acceptors (Lipinski definition) is 8. The Bertz CT molecular complexity index is 1650. The molecule has 3 heterocycles. The van der Waals surface area contributed by atoms with E-state index in [1.54, 1.807) is 17.8 Å². The summed E-state index contributed by atoms with van der Waals surface area (Å²) in [5, 5.41) is 12.3. The van der Waals surface area contributed by atoms with Crippen LogP contribution >= 0.6 is 11.8 Å². The molecule has 0 unspecified atom stereocenters. The van der Waals surface area contributed by atoms with Gasteiger partial charge in [0.15, 0.2) is 6.10 Å². The number of aryl methyl sites for hydroxylation is 2. The Kier molecular flexibility index (Phi) is 10.4. The van der Waals surface area contributed by atoms with Crippen molar-refractivity contribution in [2.45, 2.75) is 75.7 Å². The number of rotatable bonds is 11. The Balaban J connectivity index is 1.42. The largest absolute Gasteiger partial charge is 0.482 e. The minimum Gasteiger partial charge on any atom is -0.482 e. The Labute approximate surface area is 276 Å². The van der Waals surface area contributed by atoms with Crippen molar-refractivity contribution in [1.29, 1.82) is 5.26 Å². The van der Waals surface area contributed by atoms with Gasteiger partial charge in [0.1, 0.15) is 17.6 Å². The second-order valence-electron chi connectivity index (χ2n) is 12.5. The molecule has 9 nitrogen and oxygen atoms in total. The number of nitriles is 1. The molecule has 1 N–H and O–H groups in total. The fourth-order valence-corrected chi connectivity index (χ4v) is 6.69. The third-order valence-corrected chi connectivity index (χ3v) is 9.43. The van der Waals surface area contributed by atoms with Gasteiger partial charge in [0, 0.05) is 55.4 Å². The Hall–Kier alpha value is -4.20. The standard InChI is InChI=1S/C36H42N6O3S/c1-7-34(43)42-13-12-41(20-25(42)6)21-32(30-11-10-28(19-38-30)27-8-9-27)45-31-15-23(4)29(16-33(31)46-22(2)3)36(44)40-35-24(5)14-26(17-37)18-39-35/h7,10-11,14-16,18-19,22,25,27,32H,1,8-9,12-13,20-21H2,2-6H3,(H,39,40,44)/t25-,32-/m1/s1. The number of amides is 2. The summed E-state index contributed by atoms with van der Waals surface area (Å²) in [5.74, 6) is 1.41. The zero-order valence-electron chi connectivity index (χ0n) is 27.2. The minimum absolute atomic E-state index is 0.0441. The van der Waals surface area contributed by atoms with E-state index in [0.717, 1.165) is 22.7 Å². The monoisotopic (exact) mass is 638 g/mol. The maximum absolute atomic E-state index is 13.5. The van der Waals surface area contributed by atoms with Gasteiger partial charge in [-0.15, -0.1) is 11.8 Å². The highest BCUT2D eigenvalue weighted by Crippen LogP contribution is 2.41. The van der Waals surface area contributed by atoms with Gasteiger partial charge in [-0.3, -0.25) is 19.5 Å². The molecule has 0 spiro atoms. The maximum Gasteiger partial charge on any atom is 0.257 e. The van der Waals surface area contributed by atoms with Crippen molar-refractivity contribution in [3.8, 4) is 11.8 Å². The average Bonchev–Trinajstić information content (AvgIpc) is 3.88. The lowest BCUT2D eigenvalue weighted by molar-refractivity contribution is -0.130. The highest BCUT2D eigenvalue weighted by Gasteiger charge is 2.30. The Morgan fingerprint density at radius 3 is 2.54 bits per heavy atom. The van der Waals surface area contributed by atoms with Gasteiger partial charge in [0.2, 0.25) is 5.91 Å². The summed E-state index contributed by atoms with van der Waals surface area (Å²) >= 11 is 1.64. The zero-order chi connectivity index (χ0) is 33.0. The highest BCUT2D eigenvalue weighted by molar-refractivity contribution is 8.00. The number of hydrogen-bond donors (Lipinski definition) is 1. The number of thioether (sulfide) groups is 1. The normalized spacial score (nSPS) is 17.3. The summed E-state index contributed by atoms with van der Waals surface area (Å²) in [4.78, 5) is 40.1. The molecule has 0 bridgehead atoms. The summed E-state index contributed by atoms with van der Waals surface area (Å²) in [6.45, 7) is 16.3. The molecule has 3 aromatic rings. The summed E-state index contributed by atoms with van der Waals surface area (Å²) in [5.41, 5.74) is 4.57. The number of carbonyl (C=O) groups excluding carboxylic acids is 2. The van der Waals surface area contributed by atoms with E-state index in [4.69, 9.17) is 9.72 Å². The fraction of sp³-hybridized carbons (Fsp3) is 0.417. The van der Waals surface area contributed by atoms with Gasteiger partial charge in [-0.2, -0.15) is 5.26 Å². The molecule has 2 fully saturated rings. The smallest absolute Gasteiger partial charge is 0.257 e. The number of pyridine rings is 2. The molecule has 1 saturated carbocycles. The molecule has 1 aromatic carbocycles. The lowest BCUT2D eigenvalue weighted by atomic mass is 10.1. The van der Waals surface area contributed by atoms with Crippen molar-refractivity contribution >= 4 is 29.4 Å². The number of nitrogens with one attached hydrogen (secondary N) is 1. The number of carbonyl (C=O) groups is 2. The molecular weight excluding hydrogens is 597 g/mol. The van der Waals surface area contributed by atoms with Gasteiger partial charge in [0.25, 0.3) is 5.91 Å². The molecule has 2 atom stereocenters. The van der Waals surface area contributed by atoms with E-state index in [9.17, 15) is 14.9 Å². The van der Waals surface area contributed by atoms with Gasteiger partial charge in [-0.1, -0.05) is 26.5 Å². The number of benzene rings is 1. The van der Waals surface area contributed by atoms with Crippen molar-refractivity contribution < 1.29 is 14.3 Å². The average molecular weight is 639 g/mol. The molecule has 0 radical (unpaired) electrons. The zero-order valence-corrected chi connectivity index (χ0v) is 28.1. The van der Waals surface area contributed by atoms with Crippen molar-refractivity contribution in [2.75, 3.05) is 31.5 Å². The van der Waals surface area contributed by atoms with E-state index in [0.29, 0.717) is 53.8 Å². The van der Waals surface area contributed by atoms with E-state index in [1.165, 1.54) is 30.7 Å². The molecule has 2 aromatic heterocycles. The number of nitrogens with zero attached hydrogens (tertiary/aromatic N) is 5. The number of ether oxygens (including phenoxy) is 1. The van der Waals surface area contributed by atoms with Crippen molar-refractivity contribution in [3.63, 3.8) is 0 Å². The van der Waals surface area contributed by atoms with E-state index < -0.39 is 0 Å². The van der Waals surface area contributed by atoms with Gasteiger partial charge >= 0.3 is 0 Å². The van der Waals surface area contributed by atoms with Crippen molar-refractivity contribution in [1.82, 2.24) is 19.8 Å². The number of aromatic nitrogens is 2. The van der Waals surface area contributed by atoms with Crippen LogP contribution in [0, 0.1) is 25.2 Å². The van der Waals surface area contributed by atoms with E-state index in [-0.39, 0.29) is 29.2 Å². The predicted octanol–water partition coefficient (Wildman–Crippen LogP) is 6.43. The third-order valence-electron chi connectivity index (χ3n) is 8.39. The second-order valence-corrected chi connectivity index (χ2v) is 14.1. The van der Waals surface area contributed by atoms with E-state index >= 15 is 0 Å². The topological polar surface area (TPSA) is 111 Å². The van der Waals surface area contributed by atoms with E-state index in [2.05, 4.69) is 60.8 Å². The van der Waals surface area contributed by atoms with Gasteiger partial charge in [-0.05, 0) is 86.6 Å². The second kappa shape index (κ2) is 14.5. The van der Waals surface area contributed by atoms with Crippen molar-refractivity contribution in [3.05, 3.63) is 88.9 Å². The lowest BCUT2D eigenvalue weighted by Gasteiger charge is -2.40. The predicted molar refractivity (Wildman–Crippen MR) is 181 cm³/mol. The number of piperazine rings is 1. The van der Waals surface area contributed by atoms with E-state index in [1.807, 2.05) is 37.1 Å². The van der Waals surface area contributed by atoms with Crippen LogP contribution in [0.1, 0.15) is 83.9 Å². The van der Waals surface area contributed by atoms with Crippen LogP contribution in [-0.4, -0.2) is 69.1 Å². The van der Waals surface area contributed by atoms with Crippen LogP contribution in [-0.2, 0) is 4.79 Å². The third kappa shape index (κ3) is 7.95. The number of anilines is 1. The first-order valence-corrected chi connectivity index (χ1v) is 16.7. The van der Waals surface area contributed by atoms with Gasteiger partial charge < -0.3 is 15.0 Å². The molecule has 2 aliphatic rings. The summed E-state index contributed by atoms with van der Waals surface area (Å²) < 4.78 is 6.86. The molecule has 2 amide bonds. The van der Waals surface area contributed by atoms with Crippen LogP contribution in [0.3, 0.4) is 0 Å². The Morgan fingerprint density at radius 2 is 1.93 bits per heavy atom. The fourth-order valence-electron chi connectivity index (χ4n) is 5.77. The van der Waals surface area contributed by atoms with Crippen LogP contribution in [0.5, 0.6) is 5.75 Å². The first kappa shape index (κ1) is 33.2. The van der Waals surface area contributed by atoms with Crippen LogP contribution in [0.25, 0.3) is 0 Å². The summed E-state index contributed by atoms with van der Waals surface area (Å²) in [7, 11) is 0. The molecule has 1 aliphatic heterocycles. The summed E-state index contributed by atoms with van der Waals surface area (Å²) in [6.07, 6.45) is 6.87. The van der Waals surface area contributed by atoms with Crippen LogP contribution in [0.15, 0.2) is 60.3 Å². The molecule has 240 valence electrons. The highest BCUT2D eigenvalue weighted by atomic mass is 32.2. The molecular formula is C36H42N6O3S. The molecule has 1 saturated heterocycles. The van der Waals surface area contributed by atoms with Crippen LogP contribution in [0.4, 0.5) is 5.82 Å². The molecule has 10 heteroatoms. The SMILES string of the molecule is C=CC(=O)N1CCN(C[C@@H](Oc2cc(C)c(C(=O)Nc3ncc(C#N)cc3C)cc2SC(C)C)c2ccc(C3CC3)cn2)C[C@H]1C.